The van der Waals surface area contributed by atoms with Crippen LogP contribution in [-0.2, 0) is 12.8 Å². The first-order valence-corrected chi connectivity index (χ1v) is 10.2. The van der Waals surface area contributed by atoms with Gasteiger partial charge in [-0.15, -0.1) is 0 Å². The maximum Gasteiger partial charge on any atom is 0.352 e. The Kier molecular flexibility index (Phi) is 6.42. The third-order valence-electron chi connectivity index (χ3n) is 5.90. The number of aryl methyl sites for hydroxylation is 1. The molecule has 3 rings (SSSR count). The quantitative estimate of drug-likeness (QED) is 0.752. The highest BCUT2D eigenvalue weighted by molar-refractivity contribution is 5.88. The molecule has 0 radical (unpaired) electrons. The van der Waals surface area contributed by atoms with E-state index in [1.54, 1.807) is 13.2 Å². The second-order valence-electron chi connectivity index (χ2n) is 7.59. The highest BCUT2D eigenvalue weighted by Crippen LogP contribution is 2.36. The Balaban J connectivity index is 1.91. The SMILES string of the molecule is CCCCN1CCC(Cc2c(OC)c(CC)c3cccc(C(=O)O)n23)CC1. The summed E-state index contributed by atoms with van der Waals surface area (Å²) in [5, 5.41) is 9.71. The molecular weight excluding hydrogens is 340 g/mol. The predicted octanol–water partition coefficient (Wildman–Crippen LogP) is 4.26. The van der Waals surface area contributed by atoms with Gasteiger partial charge in [-0.3, -0.25) is 0 Å². The van der Waals surface area contributed by atoms with E-state index in [2.05, 4.69) is 18.7 Å². The molecule has 2 aromatic heterocycles. The molecule has 0 aromatic carbocycles. The smallest absolute Gasteiger partial charge is 0.352 e. The lowest BCUT2D eigenvalue weighted by atomic mass is 9.91. The standard InChI is InChI=1S/C22H32N2O3/c1-4-6-12-23-13-10-16(11-14-23)15-20-21(27-3)17(5-2)18-8-7-9-19(22(25)26)24(18)20/h7-9,16H,4-6,10-15H2,1-3H3,(H,25,26). The summed E-state index contributed by atoms with van der Waals surface area (Å²) in [4.78, 5) is 14.4. The molecule has 1 aliphatic heterocycles. The Morgan fingerprint density at radius 3 is 2.59 bits per heavy atom. The highest BCUT2D eigenvalue weighted by atomic mass is 16.5. The second-order valence-corrected chi connectivity index (χ2v) is 7.59. The topological polar surface area (TPSA) is 54.2 Å². The van der Waals surface area contributed by atoms with Gasteiger partial charge in [0.25, 0.3) is 0 Å². The van der Waals surface area contributed by atoms with Crippen molar-refractivity contribution in [2.24, 2.45) is 5.92 Å². The fourth-order valence-corrected chi connectivity index (χ4v) is 4.43. The highest BCUT2D eigenvalue weighted by Gasteiger charge is 2.26. The van der Waals surface area contributed by atoms with Crippen LogP contribution in [0.1, 0.15) is 61.3 Å². The number of hydrogen-bond donors (Lipinski definition) is 1. The molecule has 1 aliphatic rings. The molecule has 2 aromatic rings. The molecule has 27 heavy (non-hydrogen) atoms. The Hall–Kier alpha value is -2.01. The van der Waals surface area contributed by atoms with E-state index in [0.29, 0.717) is 11.6 Å². The van der Waals surface area contributed by atoms with Gasteiger partial charge >= 0.3 is 5.97 Å². The largest absolute Gasteiger partial charge is 0.495 e. The van der Waals surface area contributed by atoms with Gasteiger partial charge in [-0.05, 0) is 69.8 Å². The lowest BCUT2D eigenvalue weighted by molar-refractivity contribution is 0.0688. The number of hydrogen-bond acceptors (Lipinski definition) is 3. The van der Waals surface area contributed by atoms with E-state index in [0.717, 1.165) is 61.3 Å². The van der Waals surface area contributed by atoms with Crippen molar-refractivity contribution < 1.29 is 14.6 Å². The molecule has 0 aliphatic carbocycles. The van der Waals surface area contributed by atoms with Crippen molar-refractivity contribution >= 4 is 11.5 Å². The van der Waals surface area contributed by atoms with Crippen LogP contribution in [0.25, 0.3) is 5.52 Å². The van der Waals surface area contributed by atoms with Gasteiger partial charge < -0.3 is 19.1 Å². The molecule has 0 saturated carbocycles. The summed E-state index contributed by atoms with van der Waals surface area (Å²) in [6.07, 6.45) is 6.53. The van der Waals surface area contributed by atoms with Crippen LogP contribution < -0.4 is 4.74 Å². The lowest BCUT2D eigenvalue weighted by Gasteiger charge is -2.32. The van der Waals surface area contributed by atoms with E-state index < -0.39 is 5.97 Å². The molecular formula is C22H32N2O3. The number of nitrogens with zero attached hydrogens (tertiary/aromatic N) is 2. The first-order valence-electron chi connectivity index (χ1n) is 10.2. The fraction of sp³-hybridized carbons (Fsp3) is 0.591. The molecule has 1 fully saturated rings. The minimum absolute atomic E-state index is 0.320. The van der Waals surface area contributed by atoms with Gasteiger partial charge in [0, 0.05) is 5.56 Å². The van der Waals surface area contributed by atoms with Crippen molar-refractivity contribution in [2.45, 2.75) is 52.4 Å². The zero-order chi connectivity index (χ0) is 19.4. The van der Waals surface area contributed by atoms with Crippen LogP contribution >= 0.6 is 0 Å². The zero-order valence-corrected chi connectivity index (χ0v) is 16.8. The van der Waals surface area contributed by atoms with Gasteiger partial charge in [0.05, 0.1) is 18.3 Å². The number of pyridine rings is 1. The summed E-state index contributed by atoms with van der Waals surface area (Å²) in [6, 6.07) is 5.52. The average molecular weight is 373 g/mol. The molecule has 0 atom stereocenters. The Labute approximate surface area is 161 Å². The minimum Gasteiger partial charge on any atom is -0.495 e. The summed E-state index contributed by atoms with van der Waals surface area (Å²) in [6.45, 7) is 7.82. The van der Waals surface area contributed by atoms with Gasteiger partial charge in [-0.2, -0.15) is 0 Å². The van der Waals surface area contributed by atoms with Crippen LogP contribution in [0.2, 0.25) is 0 Å². The minimum atomic E-state index is -0.892. The number of carboxylic acids is 1. The van der Waals surface area contributed by atoms with Crippen molar-refractivity contribution in [2.75, 3.05) is 26.7 Å². The number of piperidine rings is 1. The van der Waals surface area contributed by atoms with Gasteiger partial charge in [0.1, 0.15) is 11.4 Å². The second kappa shape index (κ2) is 8.79. The molecule has 1 saturated heterocycles. The molecule has 0 spiro atoms. The normalized spacial score (nSPS) is 16.1. The van der Waals surface area contributed by atoms with Crippen LogP contribution in [-0.4, -0.2) is 47.1 Å². The van der Waals surface area contributed by atoms with Crippen molar-refractivity contribution in [3.8, 4) is 5.75 Å². The number of rotatable bonds is 8. The van der Waals surface area contributed by atoms with Crippen LogP contribution in [0, 0.1) is 5.92 Å². The van der Waals surface area contributed by atoms with E-state index >= 15 is 0 Å². The Morgan fingerprint density at radius 2 is 2.00 bits per heavy atom. The van der Waals surface area contributed by atoms with Crippen LogP contribution in [0.4, 0.5) is 0 Å². The van der Waals surface area contributed by atoms with E-state index in [4.69, 9.17) is 4.74 Å². The number of fused-ring (bicyclic) bond motifs is 1. The average Bonchev–Trinajstić information content (AvgIpc) is 2.99. The van der Waals surface area contributed by atoms with Crippen molar-refractivity contribution in [3.05, 3.63) is 35.2 Å². The number of aromatic carboxylic acids is 1. The van der Waals surface area contributed by atoms with E-state index in [9.17, 15) is 9.90 Å². The Bertz CT molecular complexity index is 788. The van der Waals surface area contributed by atoms with Gasteiger partial charge in [-0.25, -0.2) is 4.79 Å². The number of ether oxygens (including phenoxy) is 1. The third-order valence-corrected chi connectivity index (χ3v) is 5.90. The summed E-state index contributed by atoms with van der Waals surface area (Å²) in [5.41, 5.74) is 3.41. The maximum absolute atomic E-state index is 11.8. The molecule has 148 valence electrons. The van der Waals surface area contributed by atoms with Crippen LogP contribution in [0.15, 0.2) is 18.2 Å². The van der Waals surface area contributed by atoms with Crippen molar-refractivity contribution in [1.82, 2.24) is 9.30 Å². The molecule has 5 heteroatoms. The summed E-state index contributed by atoms with van der Waals surface area (Å²) < 4.78 is 7.70. The Morgan fingerprint density at radius 1 is 1.26 bits per heavy atom. The van der Waals surface area contributed by atoms with Gasteiger partial charge in [0.15, 0.2) is 0 Å². The molecule has 0 unspecified atom stereocenters. The predicted molar refractivity (Wildman–Crippen MR) is 108 cm³/mol. The molecule has 0 amide bonds. The fourth-order valence-electron chi connectivity index (χ4n) is 4.43. The number of unbranched alkanes of at least 4 members (excludes halogenated alkanes) is 1. The number of likely N-dealkylation sites (tertiary alicyclic amines) is 1. The lowest BCUT2D eigenvalue weighted by Crippen LogP contribution is -2.35. The zero-order valence-electron chi connectivity index (χ0n) is 16.8. The molecule has 5 nitrogen and oxygen atoms in total. The van der Waals surface area contributed by atoms with Gasteiger partial charge in [-0.1, -0.05) is 26.3 Å². The van der Waals surface area contributed by atoms with E-state index in [1.165, 1.54) is 19.4 Å². The first-order chi connectivity index (χ1) is 13.1. The van der Waals surface area contributed by atoms with Crippen molar-refractivity contribution in [3.63, 3.8) is 0 Å². The van der Waals surface area contributed by atoms with Gasteiger partial charge in [0.2, 0.25) is 0 Å². The van der Waals surface area contributed by atoms with Crippen molar-refractivity contribution in [1.29, 1.82) is 0 Å². The van der Waals surface area contributed by atoms with E-state index in [-0.39, 0.29) is 0 Å². The first kappa shape index (κ1) is 19.7. The van der Waals surface area contributed by atoms with Crippen LogP contribution in [0.3, 0.4) is 0 Å². The monoisotopic (exact) mass is 372 g/mol. The van der Waals surface area contributed by atoms with E-state index in [1.807, 2.05) is 16.5 Å². The number of methoxy groups -OCH3 is 1. The number of carbonyl (C=O) groups is 1. The summed E-state index contributed by atoms with van der Waals surface area (Å²) in [5.74, 6) is 0.553. The molecule has 1 N–H and O–H groups in total. The van der Waals surface area contributed by atoms with Crippen LogP contribution in [0.5, 0.6) is 5.75 Å². The number of aromatic nitrogens is 1. The maximum atomic E-state index is 11.8. The summed E-state index contributed by atoms with van der Waals surface area (Å²) in [7, 11) is 1.70. The third kappa shape index (κ3) is 3.98. The molecule has 0 bridgehead atoms. The number of carboxylic acid groups (broad SMARTS) is 1. The molecule has 3 heterocycles. The summed E-state index contributed by atoms with van der Waals surface area (Å²) >= 11 is 0.